The molecule has 1 aliphatic rings. The second-order valence-corrected chi connectivity index (χ2v) is 6.06. The minimum atomic E-state index is -0.339. The summed E-state index contributed by atoms with van der Waals surface area (Å²) in [6.07, 6.45) is 0. The zero-order valence-corrected chi connectivity index (χ0v) is 13.4. The van der Waals surface area contributed by atoms with Crippen LogP contribution in [0.25, 0.3) is 0 Å². The maximum absolute atomic E-state index is 11.1. The lowest BCUT2D eigenvalue weighted by molar-refractivity contribution is -0.385. The molecule has 0 radical (unpaired) electrons. The van der Waals surface area contributed by atoms with E-state index >= 15 is 0 Å². The summed E-state index contributed by atoms with van der Waals surface area (Å²) < 4.78 is 0.714. The second kappa shape index (κ2) is 6.98. The van der Waals surface area contributed by atoms with Crippen LogP contribution < -0.4 is 0 Å². The summed E-state index contributed by atoms with van der Waals surface area (Å²) in [5, 5.41) is 20.0. The van der Waals surface area contributed by atoms with Gasteiger partial charge in [-0.3, -0.25) is 19.9 Å². The fourth-order valence-corrected chi connectivity index (χ4v) is 2.82. The molecule has 7 heteroatoms. The molecule has 2 rings (SSSR count). The summed E-state index contributed by atoms with van der Waals surface area (Å²) in [5.74, 6) is 0. The number of rotatable bonds is 4. The summed E-state index contributed by atoms with van der Waals surface area (Å²) in [5.41, 5.74) is 0.877. The van der Waals surface area contributed by atoms with Gasteiger partial charge in [0.2, 0.25) is 0 Å². The number of nitrogens with zero attached hydrogens (tertiary/aromatic N) is 4. The van der Waals surface area contributed by atoms with Gasteiger partial charge < -0.3 is 0 Å². The first-order valence-electron chi connectivity index (χ1n) is 6.80. The Bertz CT molecular complexity index is 565. The minimum absolute atomic E-state index is 0.0748. The van der Waals surface area contributed by atoms with Crippen LogP contribution in [-0.2, 0) is 6.54 Å². The van der Waals surface area contributed by atoms with E-state index in [4.69, 9.17) is 5.26 Å². The van der Waals surface area contributed by atoms with Gasteiger partial charge in [0.25, 0.3) is 5.69 Å². The van der Waals surface area contributed by atoms with E-state index in [0.29, 0.717) is 11.0 Å². The van der Waals surface area contributed by atoms with Crippen LogP contribution in [0.1, 0.15) is 12.5 Å². The predicted octanol–water partition coefficient (Wildman–Crippen LogP) is 2.39. The van der Waals surface area contributed by atoms with Crippen molar-refractivity contribution in [1.82, 2.24) is 9.80 Å². The number of hydrogen-bond donors (Lipinski definition) is 0. The van der Waals surface area contributed by atoms with Crippen molar-refractivity contribution >= 4 is 21.6 Å². The SMILES string of the molecule is CC(C#N)N1CCN(Cc2ccc(Br)cc2[N+](=O)[O-])CC1. The molecule has 0 aromatic heterocycles. The lowest BCUT2D eigenvalue weighted by Crippen LogP contribution is -2.48. The molecule has 6 nitrogen and oxygen atoms in total. The molecule has 0 amide bonds. The molecular weight excluding hydrogens is 336 g/mol. The first-order valence-corrected chi connectivity index (χ1v) is 7.59. The van der Waals surface area contributed by atoms with Crippen molar-refractivity contribution in [3.63, 3.8) is 0 Å². The fraction of sp³-hybridized carbons (Fsp3) is 0.500. The molecule has 0 saturated carbocycles. The summed E-state index contributed by atoms with van der Waals surface area (Å²) in [4.78, 5) is 15.1. The lowest BCUT2D eigenvalue weighted by Gasteiger charge is -2.35. The van der Waals surface area contributed by atoms with Crippen molar-refractivity contribution in [1.29, 1.82) is 5.26 Å². The molecule has 0 aliphatic carbocycles. The Hall–Kier alpha value is -1.49. The Morgan fingerprint density at radius 2 is 2.10 bits per heavy atom. The van der Waals surface area contributed by atoms with Crippen LogP contribution in [0.15, 0.2) is 22.7 Å². The Morgan fingerprint density at radius 1 is 1.43 bits per heavy atom. The van der Waals surface area contributed by atoms with Crippen molar-refractivity contribution in [2.24, 2.45) is 0 Å². The number of nitro groups is 1. The Kier molecular flexibility index (Phi) is 5.28. The average Bonchev–Trinajstić information content (AvgIpc) is 2.49. The predicted molar refractivity (Wildman–Crippen MR) is 82.7 cm³/mol. The first-order chi connectivity index (χ1) is 10.0. The number of piperazine rings is 1. The highest BCUT2D eigenvalue weighted by Crippen LogP contribution is 2.25. The van der Waals surface area contributed by atoms with Crippen molar-refractivity contribution in [2.75, 3.05) is 26.2 Å². The third kappa shape index (κ3) is 4.00. The van der Waals surface area contributed by atoms with Gasteiger partial charge in [-0.2, -0.15) is 5.26 Å². The zero-order chi connectivity index (χ0) is 15.4. The van der Waals surface area contributed by atoms with E-state index in [1.54, 1.807) is 12.1 Å². The number of hydrogen-bond acceptors (Lipinski definition) is 5. The molecule has 112 valence electrons. The third-order valence-electron chi connectivity index (χ3n) is 3.78. The highest BCUT2D eigenvalue weighted by atomic mass is 79.9. The van der Waals surface area contributed by atoms with Crippen LogP contribution >= 0.6 is 15.9 Å². The third-order valence-corrected chi connectivity index (χ3v) is 4.27. The summed E-state index contributed by atoms with van der Waals surface area (Å²) in [6.45, 7) is 5.74. The Balaban J connectivity index is 2.01. The Morgan fingerprint density at radius 3 is 2.67 bits per heavy atom. The normalized spacial score (nSPS) is 18.1. The van der Waals surface area contributed by atoms with Crippen molar-refractivity contribution in [3.05, 3.63) is 38.3 Å². The van der Waals surface area contributed by atoms with E-state index in [1.165, 1.54) is 0 Å². The molecule has 0 N–H and O–H groups in total. The lowest BCUT2D eigenvalue weighted by atomic mass is 10.1. The van der Waals surface area contributed by atoms with Gasteiger partial charge in [-0.05, 0) is 19.1 Å². The van der Waals surface area contributed by atoms with Gasteiger partial charge in [0, 0.05) is 48.8 Å². The van der Waals surface area contributed by atoms with Gasteiger partial charge in [0.1, 0.15) is 0 Å². The molecule has 0 spiro atoms. The number of nitro benzene ring substituents is 1. The molecule has 1 heterocycles. The number of halogens is 1. The molecule has 1 atom stereocenters. The van der Waals surface area contributed by atoms with Crippen LogP contribution in [0.4, 0.5) is 5.69 Å². The van der Waals surface area contributed by atoms with E-state index in [0.717, 1.165) is 31.7 Å². The highest BCUT2D eigenvalue weighted by Gasteiger charge is 2.23. The molecule has 1 aliphatic heterocycles. The van der Waals surface area contributed by atoms with Crippen LogP contribution in [0, 0.1) is 21.4 Å². The smallest absolute Gasteiger partial charge is 0.275 e. The van der Waals surface area contributed by atoms with Gasteiger partial charge >= 0.3 is 0 Å². The van der Waals surface area contributed by atoms with Gasteiger partial charge in [0.05, 0.1) is 17.0 Å². The van der Waals surface area contributed by atoms with E-state index in [1.807, 2.05) is 13.0 Å². The molecule has 1 saturated heterocycles. The molecular formula is C14H17BrN4O2. The van der Waals surface area contributed by atoms with Gasteiger partial charge in [-0.1, -0.05) is 15.9 Å². The van der Waals surface area contributed by atoms with Crippen molar-refractivity contribution < 1.29 is 4.92 Å². The standard InChI is InChI=1S/C14H17BrN4O2/c1-11(9-16)18-6-4-17(5-7-18)10-12-2-3-13(15)8-14(12)19(20)21/h2-3,8,11H,4-7,10H2,1H3. The van der Waals surface area contributed by atoms with E-state index in [9.17, 15) is 10.1 Å². The van der Waals surface area contributed by atoms with E-state index in [2.05, 4.69) is 31.8 Å². The second-order valence-electron chi connectivity index (χ2n) is 5.15. The Labute approximate surface area is 132 Å². The number of nitriles is 1. The zero-order valence-electron chi connectivity index (χ0n) is 11.8. The van der Waals surface area contributed by atoms with Crippen LogP contribution in [-0.4, -0.2) is 46.9 Å². The summed E-state index contributed by atoms with van der Waals surface area (Å²) in [6, 6.07) is 7.34. The molecule has 21 heavy (non-hydrogen) atoms. The largest absolute Gasteiger partial charge is 0.296 e. The summed E-state index contributed by atoms with van der Waals surface area (Å²) in [7, 11) is 0. The molecule has 1 fully saturated rings. The van der Waals surface area contributed by atoms with E-state index in [-0.39, 0.29) is 16.7 Å². The quantitative estimate of drug-likeness (QED) is 0.614. The van der Waals surface area contributed by atoms with Crippen molar-refractivity contribution in [3.8, 4) is 6.07 Å². The highest BCUT2D eigenvalue weighted by molar-refractivity contribution is 9.10. The first kappa shape index (κ1) is 15.9. The van der Waals surface area contributed by atoms with Gasteiger partial charge in [-0.15, -0.1) is 0 Å². The van der Waals surface area contributed by atoms with E-state index < -0.39 is 0 Å². The molecule has 0 bridgehead atoms. The van der Waals surface area contributed by atoms with Crippen LogP contribution in [0.3, 0.4) is 0 Å². The minimum Gasteiger partial charge on any atom is -0.296 e. The molecule has 1 aromatic carbocycles. The topological polar surface area (TPSA) is 73.4 Å². The number of benzene rings is 1. The maximum Gasteiger partial charge on any atom is 0.275 e. The average molecular weight is 353 g/mol. The van der Waals surface area contributed by atoms with Crippen LogP contribution in [0.5, 0.6) is 0 Å². The summed E-state index contributed by atoms with van der Waals surface area (Å²) >= 11 is 3.27. The molecule has 1 unspecified atom stereocenters. The van der Waals surface area contributed by atoms with Crippen molar-refractivity contribution in [2.45, 2.75) is 19.5 Å². The molecule has 1 aromatic rings. The fourth-order valence-electron chi connectivity index (χ4n) is 2.47. The van der Waals surface area contributed by atoms with Crippen LogP contribution in [0.2, 0.25) is 0 Å². The van der Waals surface area contributed by atoms with Gasteiger partial charge in [-0.25, -0.2) is 0 Å². The monoisotopic (exact) mass is 352 g/mol. The van der Waals surface area contributed by atoms with Gasteiger partial charge in [0.15, 0.2) is 0 Å². The maximum atomic E-state index is 11.1.